The van der Waals surface area contributed by atoms with Crippen LogP contribution in [-0.4, -0.2) is 25.7 Å². The Labute approximate surface area is 114 Å². The van der Waals surface area contributed by atoms with Gasteiger partial charge in [0.1, 0.15) is 11.9 Å². The molecule has 0 aliphatic carbocycles. The standard InChI is InChI=1S/C15H21NO3/c1-10-6-7-13(18-3)12(9-10)11(2)16-15(17)14-5-4-8-19-14/h6-7,9,11,14H,4-5,8H2,1-3H3,(H,16,17)/t11-,14-/m1/s1. The van der Waals surface area contributed by atoms with Crippen LogP contribution in [0.4, 0.5) is 0 Å². The smallest absolute Gasteiger partial charge is 0.249 e. The third-order valence-corrected chi connectivity index (χ3v) is 3.43. The van der Waals surface area contributed by atoms with E-state index in [-0.39, 0.29) is 18.1 Å². The lowest BCUT2D eigenvalue weighted by atomic mass is 10.0. The monoisotopic (exact) mass is 263 g/mol. The quantitative estimate of drug-likeness (QED) is 0.907. The molecule has 1 amide bonds. The normalized spacial score (nSPS) is 20.1. The lowest BCUT2D eigenvalue weighted by Gasteiger charge is -2.19. The molecule has 1 N–H and O–H groups in total. The van der Waals surface area contributed by atoms with Gasteiger partial charge in [-0.05, 0) is 32.8 Å². The molecule has 1 aliphatic rings. The highest BCUT2D eigenvalue weighted by atomic mass is 16.5. The van der Waals surface area contributed by atoms with Crippen LogP contribution in [-0.2, 0) is 9.53 Å². The van der Waals surface area contributed by atoms with Gasteiger partial charge >= 0.3 is 0 Å². The molecule has 1 aliphatic heterocycles. The van der Waals surface area contributed by atoms with Crippen molar-refractivity contribution in [2.24, 2.45) is 0 Å². The molecular weight excluding hydrogens is 242 g/mol. The second-order valence-corrected chi connectivity index (χ2v) is 4.98. The molecule has 104 valence electrons. The van der Waals surface area contributed by atoms with Gasteiger partial charge in [0.15, 0.2) is 0 Å². The molecule has 0 spiro atoms. The maximum absolute atomic E-state index is 12.0. The number of benzene rings is 1. The largest absolute Gasteiger partial charge is 0.496 e. The van der Waals surface area contributed by atoms with Crippen molar-refractivity contribution in [3.05, 3.63) is 29.3 Å². The lowest BCUT2D eigenvalue weighted by molar-refractivity contribution is -0.130. The summed E-state index contributed by atoms with van der Waals surface area (Å²) in [5.74, 6) is 0.763. The molecule has 0 radical (unpaired) electrons. The van der Waals surface area contributed by atoms with Crippen LogP contribution < -0.4 is 10.1 Å². The average molecular weight is 263 g/mol. The number of methoxy groups -OCH3 is 1. The first-order valence-corrected chi connectivity index (χ1v) is 6.68. The van der Waals surface area contributed by atoms with Crippen LogP contribution in [0, 0.1) is 6.92 Å². The maximum atomic E-state index is 12.0. The SMILES string of the molecule is COc1ccc(C)cc1[C@@H](C)NC(=O)[C@H]1CCCO1. The fourth-order valence-corrected chi connectivity index (χ4v) is 2.36. The first-order chi connectivity index (χ1) is 9.11. The number of nitrogens with one attached hydrogen (secondary N) is 1. The number of hydrogen-bond acceptors (Lipinski definition) is 3. The third kappa shape index (κ3) is 3.26. The molecule has 2 atom stereocenters. The Balaban J connectivity index is 2.08. The summed E-state index contributed by atoms with van der Waals surface area (Å²) in [5, 5.41) is 3.00. The predicted octanol–water partition coefficient (Wildman–Crippen LogP) is 2.36. The number of carbonyl (C=O) groups excluding carboxylic acids is 1. The minimum Gasteiger partial charge on any atom is -0.496 e. The van der Waals surface area contributed by atoms with Crippen molar-refractivity contribution in [2.75, 3.05) is 13.7 Å². The molecule has 1 heterocycles. The molecule has 2 rings (SSSR count). The number of rotatable bonds is 4. The van der Waals surface area contributed by atoms with Crippen molar-refractivity contribution >= 4 is 5.91 Å². The molecule has 19 heavy (non-hydrogen) atoms. The molecule has 0 aromatic heterocycles. The zero-order valence-electron chi connectivity index (χ0n) is 11.7. The van der Waals surface area contributed by atoms with Crippen LogP contribution in [0.25, 0.3) is 0 Å². The summed E-state index contributed by atoms with van der Waals surface area (Å²) < 4.78 is 10.7. The van der Waals surface area contributed by atoms with Gasteiger partial charge in [-0.1, -0.05) is 17.7 Å². The fourth-order valence-electron chi connectivity index (χ4n) is 2.36. The van der Waals surface area contributed by atoms with Crippen molar-refractivity contribution in [1.29, 1.82) is 0 Å². The second kappa shape index (κ2) is 6.06. The Morgan fingerprint density at radius 3 is 2.95 bits per heavy atom. The number of amides is 1. The predicted molar refractivity (Wildman–Crippen MR) is 73.3 cm³/mol. The highest BCUT2D eigenvalue weighted by Crippen LogP contribution is 2.26. The van der Waals surface area contributed by atoms with Crippen LogP contribution in [0.5, 0.6) is 5.75 Å². The summed E-state index contributed by atoms with van der Waals surface area (Å²) in [4.78, 5) is 12.0. The van der Waals surface area contributed by atoms with E-state index in [0.29, 0.717) is 6.61 Å². The number of hydrogen-bond donors (Lipinski definition) is 1. The summed E-state index contributed by atoms with van der Waals surface area (Å²) in [6, 6.07) is 5.88. The molecule has 0 saturated carbocycles. The van der Waals surface area contributed by atoms with Gasteiger partial charge in [0, 0.05) is 12.2 Å². The topological polar surface area (TPSA) is 47.6 Å². The molecule has 1 aromatic rings. The van der Waals surface area contributed by atoms with Crippen LogP contribution in [0.2, 0.25) is 0 Å². The fraction of sp³-hybridized carbons (Fsp3) is 0.533. The molecule has 4 heteroatoms. The van der Waals surface area contributed by atoms with E-state index in [1.807, 2.05) is 32.0 Å². The minimum absolute atomic E-state index is 0.0337. The van der Waals surface area contributed by atoms with Crippen LogP contribution in [0.3, 0.4) is 0 Å². The molecule has 1 saturated heterocycles. The van der Waals surface area contributed by atoms with Gasteiger partial charge in [-0.2, -0.15) is 0 Å². The summed E-state index contributed by atoms with van der Waals surface area (Å²) in [6.07, 6.45) is 1.47. The van der Waals surface area contributed by atoms with Crippen LogP contribution >= 0.6 is 0 Å². The Kier molecular flexibility index (Phi) is 4.43. The summed E-state index contributed by atoms with van der Waals surface area (Å²) >= 11 is 0. The van der Waals surface area contributed by atoms with Gasteiger partial charge in [0.05, 0.1) is 13.2 Å². The molecule has 1 aromatic carbocycles. The minimum atomic E-state index is -0.293. The van der Waals surface area contributed by atoms with E-state index in [9.17, 15) is 4.79 Å². The van der Waals surface area contributed by atoms with E-state index in [1.54, 1.807) is 7.11 Å². The van der Waals surface area contributed by atoms with E-state index >= 15 is 0 Å². The Morgan fingerprint density at radius 1 is 1.53 bits per heavy atom. The van der Waals surface area contributed by atoms with Gasteiger partial charge in [0.2, 0.25) is 5.91 Å². The van der Waals surface area contributed by atoms with Crippen molar-refractivity contribution in [3.8, 4) is 5.75 Å². The number of aryl methyl sites for hydroxylation is 1. The summed E-state index contributed by atoms with van der Waals surface area (Å²) in [6.45, 7) is 4.67. The third-order valence-electron chi connectivity index (χ3n) is 3.43. The zero-order valence-corrected chi connectivity index (χ0v) is 11.7. The van der Waals surface area contributed by atoms with Gasteiger partial charge in [-0.3, -0.25) is 4.79 Å². The van der Waals surface area contributed by atoms with Crippen molar-refractivity contribution in [3.63, 3.8) is 0 Å². The van der Waals surface area contributed by atoms with Crippen molar-refractivity contribution < 1.29 is 14.3 Å². The van der Waals surface area contributed by atoms with E-state index in [0.717, 1.165) is 29.7 Å². The van der Waals surface area contributed by atoms with E-state index < -0.39 is 0 Å². The van der Waals surface area contributed by atoms with Gasteiger partial charge in [-0.15, -0.1) is 0 Å². The Bertz CT molecular complexity index is 453. The number of ether oxygens (including phenoxy) is 2. The van der Waals surface area contributed by atoms with Gasteiger partial charge in [-0.25, -0.2) is 0 Å². The molecule has 0 bridgehead atoms. The van der Waals surface area contributed by atoms with E-state index in [1.165, 1.54) is 0 Å². The highest BCUT2D eigenvalue weighted by molar-refractivity contribution is 5.81. The zero-order chi connectivity index (χ0) is 13.8. The highest BCUT2D eigenvalue weighted by Gasteiger charge is 2.25. The van der Waals surface area contributed by atoms with Crippen molar-refractivity contribution in [2.45, 2.75) is 38.8 Å². The maximum Gasteiger partial charge on any atom is 0.249 e. The molecule has 0 unspecified atom stereocenters. The van der Waals surface area contributed by atoms with Crippen molar-refractivity contribution in [1.82, 2.24) is 5.32 Å². The average Bonchev–Trinajstić information content (AvgIpc) is 2.92. The molecule has 4 nitrogen and oxygen atoms in total. The first-order valence-electron chi connectivity index (χ1n) is 6.68. The molecule has 1 fully saturated rings. The Morgan fingerprint density at radius 2 is 2.32 bits per heavy atom. The lowest BCUT2D eigenvalue weighted by Crippen LogP contribution is -2.35. The molecular formula is C15H21NO3. The van der Waals surface area contributed by atoms with E-state index in [4.69, 9.17) is 9.47 Å². The number of carbonyl (C=O) groups is 1. The Hall–Kier alpha value is -1.55. The van der Waals surface area contributed by atoms with Gasteiger partial charge in [0.25, 0.3) is 0 Å². The van der Waals surface area contributed by atoms with E-state index in [2.05, 4.69) is 5.32 Å². The second-order valence-electron chi connectivity index (χ2n) is 4.98. The van der Waals surface area contributed by atoms with Crippen LogP contribution in [0.1, 0.15) is 36.9 Å². The first kappa shape index (κ1) is 13.9. The summed E-state index contributed by atoms with van der Waals surface area (Å²) in [5.41, 5.74) is 2.14. The van der Waals surface area contributed by atoms with Crippen LogP contribution in [0.15, 0.2) is 18.2 Å². The summed E-state index contributed by atoms with van der Waals surface area (Å²) in [7, 11) is 1.64. The van der Waals surface area contributed by atoms with Gasteiger partial charge < -0.3 is 14.8 Å².